The maximum absolute atomic E-state index is 13.9. The molecule has 4 rings (SSSR count). The summed E-state index contributed by atoms with van der Waals surface area (Å²) >= 11 is 0. The fraction of sp³-hybridized carbons (Fsp3) is 0.200. The molecule has 1 N–H and O–H groups in total. The number of hydrogen-bond acceptors (Lipinski definition) is 5. The molecule has 4 aromatic rings. The molecule has 0 aliphatic heterocycles. The molecule has 0 saturated carbocycles. The van der Waals surface area contributed by atoms with Crippen molar-refractivity contribution in [1.29, 1.82) is 0 Å². The minimum Gasteiger partial charge on any atom is -0.462 e. The summed E-state index contributed by atoms with van der Waals surface area (Å²) in [5.41, 5.74) is 2.52. The lowest BCUT2D eigenvalue weighted by molar-refractivity contribution is 0.251. The maximum Gasteiger partial charge on any atom is 0.336 e. The van der Waals surface area contributed by atoms with Crippen molar-refractivity contribution in [3.8, 4) is 23.1 Å². The molecule has 9 heteroatoms. The van der Waals surface area contributed by atoms with E-state index in [0.29, 0.717) is 29.4 Å². The second-order valence-electron chi connectivity index (χ2n) is 8.31. The van der Waals surface area contributed by atoms with Crippen LogP contribution in [0.3, 0.4) is 0 Å². The first-order chi connectivity index (χ1) is 16.2. The Hall–Kier alpha value is -3.72. The summed E-state index contributed by atoms with van der Waals surface area (Å²) in [5, 5.41) is 4.44. The number of rotatable bonds is 8. The highest BCUT2D eigenvalue weighted by atomic mass is 32.2. The predicted octanol–water partition coefficient (Wildman–Crippen LogP) is 5.22. The minimum atomic E-state index is -3.72. The highest BCUT2D eigenvalue weighted by Gasteiger charge is 2.17. The highest BCUT2D eigenvalue weighted by Crippen LogP contribution is 2.26. The Kier molecular flexibility index (Phi) is 6.65. The number of anilines is 1. The highest BCUT2D eigenvalue weighted by molar-refractivity contribution is 7.92. The minimum absolute atomic E-state index is 0.178. The average Bonchev–Trinajstić information content (AvgIpc) is 3.23. The summed E-state index contributed by atoms with van der Waals surface area (Å²) in [6.07, 6.45) is 0. The number of hydrogen-bond donors (Lipinski definition) is 1. The fourth-order valence-electron chi connectivity index (χ4n) is 3.19. The van der Waals surface area contributed by atoms with Gasteiger partial charge >= 0.3 is 6.01 Å². The smallest absolute Gasteiger partial charge is 0.336 e. The fourth-order valence-corrected chi connectivity index (χ4v) is 4.25. The molecule has 34 heavy (non-hydrogen) atoms. The number of halogens is 1. The molecule has 0 radical (unpaired) electrons. The monoisotopic (exact) mass is 480 g/mol. The third-order valence-electron chi connectivity index (χ3n) is 4.91. The summed E-state index contributed by atoms with van der Waals surface area (Å²) < 4.78 is 49.0. The molecule has 176 valence electrons. The van der Waals surface area contributed by atoms with E-state index in [-0.39, 0.29) is 16.8 Å². The Labute approximate surface area is 198 Å². The van der Waals surface area contributed by atoms with Gasteiger partial charge in [0.25, 0.3) is 10.0 Å². The maximum atomic E-state index is 13.9. The number of nitrogens with zero attached hydrogens (tertiary/aromatic N) is 3. The lowest BCUT2D eigenvalue weighted by Crippen LogP contribution is -2.13. The van der Waals surface area contributed by atoms with Gasteiger partial charge in [-0.2, -0.15) is 4.98 Å². The van der Waals surface area contributed by atoms with Crippen LogP contribution in [0.1, 0.15) is 19.4 Å². The van der Waals surface area contributed by atoms with Crippen LogP contribution in [-0.4, -0.2) is 29.8 Å². The van der Waals surface area contributed by atoms with Crippen molar-refractivity contribution in [2.75, 3.05) is 11.3 Å². The van der Waals surface area contributed by atoms with Gasteiger partial charge in [-0.15, -0.1) is 5.10 Å². The second kappa shape index (κ2) is 9.64. The Morgan fingerprint density at radius 2 is 1.74 bits per heavy atom. The van der Waals surface area contributed by atoms with Crippen LogP contribution >= 0.6 is 0 Å². The van der Waals surface area contributed by atoms with E-state index in [1.807, 2.05) is 20.8 Å². The molecular formula is C25H25FN4O3S. The van der Waals surface area contributed by atoms with Crippen LogP contribution in [0.15, 0.2) is 77.7 Å². The first-order valence-electron chi connectivity index (χ1n) is 10.8. The third-order valence-corrected chi connectivity index (χ3v) is 6.31. The zero-order valence-corrected chi connectivity index (χ0v) is 19.9. The van der Waals surface area contributed by atoms with E-state index in [1.54, 1.807) is 65.3 Å². The number of sulfonamides is 1. The van der Waals surface area contributed by atoms with Crippen molar-refractivity contribution in [3.63, 3.8) is 0 Å². The Morgan fingerprint density at radius 3 is 2.38 bits per heavy atom. The molecule has 0 amide bonds. The van der Waals surface area contributed by atoms with Crippen LogP contribution in [0.4, 0.5) is 10.1 Å². The van der Waals surface area contributed by atoms with Gasteiger partial charge in [0, 0.05) is 11.3 Å². The molecule has 0 atom stereocenters. The molecule has 0 aliphatic rings. The normalized spacial score (nSPS) is 11.6. The molecule has 0 aliphatic carbocycles. The summed E-state index contributed by atoms with van der Waals surface area (Å²) in [7, 11) is -3.72. The first kappa shape index (κ1) is 23.4. The zero-order valence-electron chi connectivity index (χ0n) is 19.1. The lowest BCUT2D eigenvalue weighted by Gasteiger charge is -2.10. The Balaban J connectivity index is 1.64. The summed E-state index contributed by atoms with van der Waals surface area (Å²) in [6, 6.07) is 19.5. The van der Waals surface area contributed by atoms with Crippen LogP contribution in [-0.2, 0) is 10.0 Å². The van der Waals surface area contributed by atoms with Crippen molar-refractivity contribution in [2.45, 2.75) is 25.7 Å². The van der Waals surface area contributed by atoms with Gasteiger partial charge in [-0.05, 0) is 61.4 Å². The molecule has 3 aromatic carbocycles. The van der Waals surface area contributed by atoms with E-state index >= 15 is 0 Å². The van der Waals surface area contributed by atoms with Crippen molar-refractivity contribution >= 4 is 15.7 Å². The lowest BCUT2D eigenvalue weighted by atomic mass is 10.2. The Bertz CT molecular complexity index is 1380. The number of aryl methyl sites for hydroxylation is 1. The van der Waals surface area contributed by atoms with Crippen molar-refractivity contribution in [3.05, 3.63) is 84.2 Å². The SMILES string of the molecule is Cc1ccc(S(=O)(=O)Nc2ccc(-n3nc(OCC(C)C)nc3-c3cccc(F)c3)cc2)cc1. The van der Waals surface area contributed by atoms with Gasteiger partial charge in [0.1, 0.15) is 5.82 Å². The van der Waals surface area contributed by atoms with Gasteiger partial charge in [0.15, 0.2) is 5.82 Å². The van der Waals surface area contributed by atoms with E-state index < -0.39 is 15.8 Å². The van der Waals surface area contributed by atoms with Crippen molar-refractivity contribution in [2.24, 2.45) is 5.92 Å². The van der Waals surface area contributed by atoms with Gasteiger partial charge < -0.3 is 4.74 Å². The van der Waals surface area contributed by atoms with Crippen LogP contribution in [0, 0.1) is 18.7 Å². The summed E-state index contributed by atoms with van der Waals surface area (Å²) in [4.78, 5) is 4.63. The molecule has 0 bridgehead atoms. The second-order valence-corrected chi connectivity index (χ2v) is 9.99. The number of ether oxygens (including phenoxy) is 1. The quantitative estimate of drug-likeness (QED) is 0.374. The molecule has 0 spiro atoms. The van der Waals surface area contributed by atoms with Crippen LogP contribution < -0.4 is 9.46 Å². The van der Waals surface area contributed by atoms with Gasteiger partial charge in [0.05, 0.1) is 17.2 Å². The van der Waals surface area contributed by atoms with Crippen molar-refractivity contribution < 1.29 is 17.5 Å². The predicted molar refractivity (Wildman–Crippen MR) is 129 cm³/mol. The molecule has 1 aromatic heterocycles. The number of nitrogens with one attached hydrogen (secondary N) is 1. The molecule has 0 fully saturated rings. The van der Waals surface area contributed by atoms with Gasteiger partial charge in [-0.25, -0.2) is 17.5 Å². The average molecular weight is 481 g/mol. The van der Waals surface area contributed by atoms with E-state index in [9.17, 15) is 12.8 Å². The number of benzene rings is 3. The van der Waals surface area contributed by atoms with Crippen molar-refractivity contribution in [1.82, 2.24) is 14.8 Å². The first-order valence-corrected chi connectivity index (χ1v) is 12.3. The van der Waals surface area contributed by atoms with Gasteiger partial charge in [-0.1, -0.05) is 43.7 Å². The largest absolute Gasteiger partial charge is 0.462 e. The summed E-state index contributed by atoms with van der Waals surface area (Å²) in [6.45, 7) is 6.36. The van der Waals surface area contributed by atoms with Gasteiger partial charge in [0.2, 0.25) is 0 Å². The molecule has 0 unspecified atom stereocenters. The van der Waals surface area contributed by atoms with Crippen LogP contribution in [0.2, 0.25) is 0 Å². The third kappa shape index (κ3) is 5.43. The molecular weight excluding hydrogens is 455 g/mol. The van der Waals surface area contributed by atoms with Crippen LogP contribution in [0.25, 0.3) is 17.1 Å². The van der Waals surface area contributed by atoms with E-state index in [0.717, 1.165) is 5.56 Å². The Morgan fingerprint density at radius 1 is 1.03 bits per heavy atom. The molecule has 7 nitrogen and oxygen atoms in total. The van der Waals surface area contributed by atoms with E-state index in [2.05, 4.69) is 14.8 Å². The number of aromatic nitrogens is 3. The molecule has 0 saturated heterocycles. The molecule has 1 heterocycles. The zero-order chi connectivity index (χ0) is 24.3. The topological polar surface area (TPSA) is 86.1 Å². The standard InChI is InChI=1S/C25H25FN4O3S/c1-17(2)16-33-25-27-24(19-5-4-6-20(26)15-19)30(28-25)22-11-9-21(10-12-22)29-34(31,32)23-13-7-18(3)8-14-23/h4-15,17,29H,16H2,1-3H3. The van der Waals surface area contributed by atoms with E-state index in [1.165, 1.54) is 12.1 Å². The summed E-state index contributed by atoms with van der Waals surface area (Å²) in [5.74, 6) is 0.300. The van der Waals surface area contributed by atoms with Crippen LogP contribution in [0.5, 0.6) is 6.01 Å². The van der Waals surface area contributed by atoms with Gasteiger partial charge in [-0.3, -0.25) is 4.72 Å². The van der Waals surface area contributed by atoms with E-state index in [4.69, 9.17) is 4.74 Å².